The fourth-order valence-corrected chi connectivity index (χ4v) is 2.71. The van der Waals surface area contributed by atoms with Crippen LogP contribution in [-0.2, 0) is 9.59 Å². The maximum absolute atomic E-state index is 12.5. The molecular weight excluding hydrogens is 292 g/mol. The van der Waals surface area contributed by atoms with Gasteiger partial charge in [-0.25, -0.2) is 0 Å². The molecule has 1 unspecified atom stereocenters. The van der Waals surface area contributed by atoms with Crippen LogP contribution >= 0.6 is 0 Å². The topological polar surface area (TPSA) is 58.6 Å². The zero-order valence-electron chi connectivity index (χ0n) is 14.4. The molecule has 1 heterocycles. The lowest BCUT2D eigenvalue weighted by Crippen LogP contribution is -2.33. The van der Waals surface area contributed by atoms with Crippen molar-refractivity contribution in [1.82, 2.24) is 4.90 Å². The molecule has 5 nitrogen and oxygen atoms in total. The van der Waals surface area contributed by atoms with Crippen molar-refractivity contribution in [2.75, 3.05) is 18.5 Å². The Balaban J connectivity index is 2.07. The van der Waals surface area contributed by atoms with Gasteiger partial charge in [0.15, 0.2) is 0 Å². The Morgan fingerprint density at radius 3 is 2.78 bits per heavy atom. The fourth-order valence-electron chi connectivity index (χ4n) is 2.71. The molecule has 2 amide bonds. The quantitative estimate of drug-likeness (QED) is 0.877. The molecule has 1 saturated heterocycles. The van der Waals surface area contributed by atoms with E-state index in [1.165, 1.54) is 0 Å². The molecule has 0 saturated carbocycles. The molecule has 5 heteroatoms. The van der Waals surface area contributed by atoms with Crippen LogP contribution in [0.1, 0.15) is 39.2 Å². The summed E-state index contributed by atoms with van der Waals surface area (Å²) < 4.78 is 5.72. The molecule has 1 aliphatic heterocycles. The zero-order valence-corrected chi connectivity index (χ0v) is 14.4. The fraction of sp³-hybridized carbons (Fsp3) is 0.556. The van der Waals surface area contributed by atoms with E-state index in [2.05, 4.69) is 5.32 Å². The average molecular weight is 318 g/mol. The molecule has 1 aliphatic rings. The highest BCUT2D eigenvalue weighted by Gasteiger charge is 2.35. The predicted octanol–water partition coefficient (Wildman–Crippen LogP) is 2.98. The summed E-state index contributed by atoms with van der Waals surface area (Å²) in [6, 6.07) is 5.85. The SMILES string of the molecule is CCCOc1cc(C)ccc1NC(=O)C1CC(=O)N(C(C)C)C1. The van der Waals surface area contributed by atoms with Gasteiger partial charge >= 0.3 is 0 Å². The van der Waals surface area contributed by atoms with Crippen LogP contribution in [-0.4, -0.2) is 35.9 Å². The molecule has 1 atom stereocenters. The molecule has 0 radical (unpaired) electrons. The summed E-state index contributed by atoms with van der Waals surface area (Å²) in [7, 11) is 0. The van der Waals surface area contributed by atoms with Gasteiger partial charge in [0, 0.05) is 19.0 Å². The Bertz CT molecular complexity index is 584. The molecule has 1 aromatic rings. The van der Waals surface area contributed by atoms with Gasteiger partial charge in [-0.15, -0.1) is 0 Å². The Morgan fingerprint density at radius 2 is 2.17 bits per heavy atom. The summed E-state index contributed by atoms with van der Waals surface area (Å²) in [5.74, 6) is 0.314. The molecule has 1 aromatic carbocycles. The summed E-state index contributed by atoms with van der Waals surface area (Å²) in [6.45, 7) is 9.05. The molecule has 23 heavy (non-hydrogen) atoms. The molecule has 1 fully saturated rings. The first-order valence-electron chi connectivity index (χ1n) is 8.26. The van der Waals surface area contributed by atoms with Crippen LogP contribution in [0.3, 0.4) is 0 Å². The van der Waals surface area contributed by atoms with Crippen LogP contribution in [0.4, 0.5) is 5.69 Å². The third-order valence-electron chi connectivity index (χ3n) is 4.01. The van der Waals surface area contributed by atoms with Crippen molar-refractivity contribution in [1.29, 1.82) is 0 Å². The van der Waals surface area contributed by atoms with Gasteiger partial charge in [-0.3, -0.25) is 9.59 Å². The Labute approximate surface area is 138 Å². The molecule has 0 aliphatic carbocycles. The lowest BCUT2D eigenvalue weighted by molar-refractivity contribution is -0.129. The van der Waals surface area contributed by atoms with E-state index < -0.39 is 0 Å². The second-order valence-corrected chi connectivity index (χ2v) is 6.38. The second kappa shape index (κ2) is 7.49. The number of amides is 2. The molecule has 0 aromatic heterocycles. The van der Waals surface area contributed by atoms with Crippen LogP contribution in [0.15, 0.2) is 18.2 Å². The highest BCUT2D eigenvalue weighted by atomic mass is 16.5. The van der Waals surface area contributed by atoms with E-state index >= 15 is 0 Å². The Hall–Kier alpha value is -2.04. The number of hydrogen-bond donors (Lipinski definition) is 1. The molecule has 126 valence electrons. The normalized spacial score (nSPS) is 17.7. The zero-order chi connectivity index (χ0) is 17.0. The van der Waals surface area contributed by atoms with Gasteiger partial charge in [0.25, 0.3) is 0 Å². The maximum atomic E-state index is 12.5. The lowest BCUT2D eigenvalue weighted by atomic mass is 10.1. The summed E-state index contributed by atoms with van der Waals surface area (Å²) in [6.07, 6.45) is 1.18. The Kier molecular flexibility index (Phi) is 5.64. The second-order valence-electron chi connectivity index (χ2n) is 6.38. The lowest BCUT2D eigenvalue weighted by Gasteiger charge is -2.21. The van der Waals surface area contributed by atoms with Gasteiger partial charge in [-0.2, -0.15) is 0 Å². The summed E-state index contributed by atoms with van der Waals surface area (Å²) in [4.78, 5) is 26.2. The maximum Gasteiger partial charge on any atom is 0.229 e. The van der Waals surface area contributed by atoms with Gasteiger partial charge in [-0.05, 0) is 44.9 Å². The van der Waals surface area contributed by atoms with Gasteiger partial charge < -0.3 is 15.0 Å². The molecule has 2 rings (SSSR count). The van der Waals surface area contributed by atoms with Crippen LogP contribution in [0.2, 0.25) is 0 Å². The third kappa shape index (κ3) is 4.24. The number of anilines is 1. The minimum absolute atomic E-state index is 0.0477. The summed E-state index contributed by atoms with van der Waals surface area (Å²) in [5, 5.41) is 2.93. The van der Waals surface area contributed by atoms with Gasteiger partial charge in [0.05, 0.1) is 18.2 Å². The summed E-state index contributed by atoms with van der Waals surface area (Å²) >= 11 is 0. The van der Waals surface area contributed by atoms with E-state index in [1.807, 2.05) is 45.9 Å². The van der Waals surface area contributed by atoms with Crippen LogP contribution in [0.5, 0.6) is 5.75 Å². The van der Waals surface area contributed by atoms with Gasteiger partial charge in [0.2, 0.25) is 11.8 Å². The van der Waals surface area contributed by atoms with Crippen LogP contribution < -0.4 is 10.1 Å². The molecule has 0 bridgehead atoms. The van der Waals surface area contributed by atoms with Crippen molar-refractivity contribution in [3.63, 3.8) is 0 Å². The number of nitrogens with zero attached hydrogens (tertiary/aromatic N) is 1. The largest absolute Gasteiger partial charge is 0.491 e. The molecule has 0 spiro atoms. The van der Waals surface area contributed by atoms with E-state index in [0.29, 0.717) is 24.6 Å². The first-order chi connectivity index (χ1) is 10.9. The monoisotopic (exact) mass is 318 g/mol. The highest BCUT2D eigenvalue weighted by molar-refractivity contribution is 5.98. The predicted molar refractivity (Wildman–Crippen MR) is 90.6 cm³/mol. The first-order valence-corrected chi connectivity index (χ1v) is 8.26. The van der Waals surface area contributed by atoms with E-state index in [-0.39, 0.29) is 30.2 Å². The van der Waals surface area contributed by atoms with Gasteiger partial charge in [-0.1, -0.05) is 13.0 Å². The number of likely N-dealkylation sites (tertiary alicyclic amines) is 1. The minimum atomic E-state index is -0.301. The van der Waals surface area contributed by atoms with Crippen molar-refractivity contribution >= 4 is 17.5 Å². The number of hydrogen-bond acceptors (Lipinski definition) is 3. The number of aryl methyl sites for hydroxylation is 1. The number of rotatable bonds is 6. The average Bonchev–Trinajstić information content (AvgIpc) is 2.89. The third-order valence-corrected chi connectivity index (χ3v) is 4.01. The van der Waals surface area contributed by atoms with Crippen LogP contribution in [0, 0.1) is 12.8 Å². The van der Waals surface area contributed by atoms with Crippen molar-refractivity contribution in [2.45, 2.75) is 46.6 Å². The number of benzene rings is 1. The highest BCUT2D eigenvalue weighted by Crippen LogP contribution is 2.28. The van der Waals surface area contributed by atoms with Crippen molar-refractivity contribution in [3.05, 3.63) is 23.8 Å². The van der Waals surface area contributed by atoms with E-state index in [1.54, 1.807) is 4.90 Å². The standard InChI is InChI=1S/C18H26N2O3/c1-5-8-23-16-9-13(4)6-7-15(16)19-18(22)14-10-17(21)20(11-14)12(2)3/h6-7,9,12,14H,5,8,10-11H2,1-4H3,(H,19,22). The minimum Gasteiger partial charge on any atom is -0.491 e. The van der Waals surface area contributed by atoms with E-state index in [9.17, 15) is 9.59 Å². The van der Waals surface area contributed by atoms with Crippen LogP contribution in [0.25, 0.3) is 0 Å². The first kappa shape index (κ1) is 17.3. The smallest absolute Gasteiger partial charge is 0.229 e. The number of ether oxygens (including phenoxy) is 1. The van der Waals surface area contributed by atoms with E-state index in [4.69, 9.17) is 4.74 Å². The number of carbonyl (C=O) groups excluding carboxylic acids is 2. The summed E-state index contributed by atoms with van der Waals surface area (Å²) in [5.41, 5.74) is 1.75. The van der Waals surface area contributed by atoms with Crippen molar-refractivity contribution in [3.8, 4) is 5.75 Å². The van der Waals surface area contributed by atoms with Crippen molar-refractivity contribution in [2.24, 2.45) is 5.92 Å². The number of nitrogens with one attached hydrogen (secondary N) is 1. The molecular formula is C18H26N2O3. The van der Waals surface area contributed by atoms with Gasteiger partial charge in [0.1, 0.15) is 5.75 Å². The van der Waals surface area contributed by atoms with Crippen molar-refractivity contribution < 1.29 is 14.3 Å². The molecule has 1 N–H and O–H groups in total. The Morgan fingerprint density at radius 1 is 1.43 bits per heavy atom. The van der Waals surface area contributed by atoms with E-state index in [0.717, 1.165) is 12.0 Å². The number of carbonyl (C=O) groups is 2.